The first-order valence-corrected chi connectivity index (χ1v) is 6.28. The Hall–Kier alpha value is -1.36. The third kappa shape index (κ3) is 4.49. The molecule has 0 aliphatic carbocycles. The van der Waals surface area contributed by atoms with Crippen LogP contribution in [0.4, 0.5) is 0 Å². The molecule has 5 heteroatoms. The Morgan fingerprint density at radius 1 is 1.39 bits per heavy atom. The molecule has 0 aromatic carbocycles. The Morgan fingerprint density at radius 3 is 2.56 bits per heavy atom. The minimum atomic E-state index is -0.158. The molecule has 0 saturated heterocycles. The monoisotopic (exact) mass is 253 g/mol. The van der Waals surface area contributed by atoms with E-state index in [9.17, 15) is 4.79 Å². The summed E-state index contributed by atoms with van der Waals surface area (Å²) in [5, 5.41) is 5.98. The van der Waals surface area contributed by atoms with E-state index in [1.165, 1.54) is 0 Å². The molecule has 5 nitrogen and oxygen atoms in total. The molecule has 2 N–H and O–H groups in total. The van der Waals surface area contributed by atoms with Crippen molar-refractivity contribution in [2.45, 2.75) is 53.1 Å². The number of nitrogens with one attached hydrogen (secondary N) is 2. The SMILES string of the molecule is CCC(C)(C)NC(=O)CNCc1nc(C)c(C)o1. The number of aromatic nitrogens is 1. The molecule has 0 saturated carbocycles. The minimum absolute atomic E-state index is 0.0122. The van der Waals surface area contributed by atoms with Gasteiger partial charge in [-0.25, -0.2) is 4.98 Å². The van der Waals surface area contributed by atoms with E-state index in [0.717, 1.165) is 17.9 Å². The zero-order valence-corrected chi connectivity index (χ0v) is 11.9. The van der Waals surface area contributed by atoms with Gasteiger partial charge in [0.05, 0.1) is 18.8 Å². The second kappa shape index (κ2) is 6.00. The van der Waals surface area contributed by atoms with Gasteiger partial charge in [-0.1, -0.05) is 6.92 Å². The third-order valence-corrected chi connectivity index (χ3v) is 3.00. The number of rotatable bonds is 6. The van der Waals surface area contributed by atoms with E-state index < -0.39 is 0 Å². The molecule has 0 bridgehead atoms. The molecule has 1 aromatic rings. The highest BCUT2D eigenvalue weighted by Crippen LogP contribution is 2.08. The van der Waals surface area contributed by atoms with Crippen LogP contribution in [-0.4, -0.2) is 23.0 Å². The van der Waals surface area contributed by atoms with Gasteiger partial charge in [0.1, 0.15) is 5.76 Å². The highest BCUT2D eigenvalue weighted by Gasteiger charge is 2.17. The topological polar surface area (TPSA) is 67.2 Å². The molecule has 1 aromatic heterocycles. The van der Waals surface area contributed by atoms with Crippen molar-refractivity contribution < 1.29 is 9.21 Å². The van der Waals surface area contributed by atoms with Crippen LogP contribution in [0.15, 0.2) is 4.42 Å². The van der Waals surface area contributed by atoms with Crippen LogP contribution in [0.2, 0.25) is 0 Å². The van der Waals surface area contributed by atoms with Gasteiger partial charge >= 0.3 is 0 Å². The molecule has 0 aliphatic rings. The lowest BCUT2D eigenvalue weighted by Crippen LogP contribution is -2.46. The van der Waals surface area contributed by atoms with E-state index in [-0.39, 0.29) is 18.0 Å². The lowest BCUT2D eigenvalue weighted by Gasteiger charge is -2.24. The van der Waals surface area contributed by atoms with E-state index in [1.54, 1.807) is 0 Å². The molecule has 0 spiro atoms. The van der Waals surface area contributed by atoms with Crippen molar-refractivity contribution in [1.29, 1.82) is 0 Å². The fourth-order valence-electron chi connectivity index (χ4n) is 1.41. The normalized spacial score (nSPS) is 11.6. The average Bonchev–Trinajstić information content (AvgIpc) is 2.57. The van der Waals surface area contributed by atoms with Gasteiger partial charge in [-0.05, 0) is 34.1 Å². The first kappa shape index (κ1) is 14.7. The van der Waals surface area contributed by atoms with E-state index in [2.05, 4.69) is 15.6 Å². The van der Waals surface area contributed by atoms with Gasteiger partial charge in [0.15, 0.2) is 0 Å². The third-order valence-electron chi connectivity index (χ3n) is 3.00. The van der Waals surface area contributed by atoms with Crippen molar-refractivity contribution in [2.24, 2.45) is 0 Å². The van der Waals surface area contributed by atoms with Crippen LogP contribution < -0.4 is 10.6 Å². The Kier molecular flexibility index (Phi) is 4.90. The van der Waals surface area contributed by atoms with Crippen LogP contribution >= 0.6 is 0 Å². The summed E-state index contributed by atoms with van der Waals surface area (Å²) in [6.07, 6.45) is 0.900. The number of carbonyl (C=O) groups is 1. The van der Waals surface area contributed by atoms with Crippen molar-refractivity contribution in [3.05, 3.63) is 17.3 Å². The lowest BCUT2D eigenvalue weighted by molar-refractivity contribution is -0.121. The lowest BCUT2D eigenvalue weighted by atomic mass is 10.0. The molecular formula is C13H23N3O2. The maximum atomic E-state index is 11.7. The van der Waals surface area contributed by atoms with E-state index in [4.69, 9.17) is 4.42 Å². The zero-order chi connectivity index (χ0) is 13.8. The smallest absolute Gasteiger partial charge is 0.234 e. The summed E-state index contributed by atoms with van der Waals surface area (Å²) in [7, 11) is 0. The van der Waals surface area contributed by atoms with Gasteiger partial charge in [-0.3, -0.25) is 10.1 Å². The summed E-state index contributed by atoms with van der Waals surface area (Å²) in [5.74, 6) is 1.43. The van der Waals surface area contributed by atoms with Gasteiger partial charge in [0, 0.05) is 5.54 Å². The Morgan fingerprint density at radius 2 is 2.06 bits per heavy atom. The van der Waals surface area contributed by atoms with Gasteiger partial charge in [-0.15, -0.1) is 0 Å². The zero-order valence-electron chi connectivity index (χ0n) is 11.9. The largest absolute Gasteiger partial charge is 0.444 e. The highest BCUT2D eigenvalue weighted by atomic mass is 16.4. The first-order valence-electron chi connectivity index (χ1n) is 6.28. The molecule has 0 unspecified atom stereocenters. The van der Waals surface area contributed by atoms with Gasteiger partial charge in [0.2, 0.25) is 11.8 Å². The first-order chi connectivity index (χ1) is 8.34. The number of hydrogen-bond donors (Lipinski definition) is 2. The molecule has 0 aliphatic heterocycles. The number of oxazole rings is 1. The molecule has 0 atom stereocenters. The summed E-state index contributed by atoms with van der Waals surface area (Å²) in [6.45, 7) is 10.6. The summed E-state index contributed by atoms with van der Waals surface area (Å²) in [5.41, 5.74) is 0.734. The predicted octanol–water partition coefficient (Wildman–Crippen LogP) is 1.69. The fourth-order valence-corrected chi connectivity index (χ4v) is 1.41. The van der Waals surface area contributed by atoms with Gasteiger partial charge in [-0.2, -0.15) is 0 Å². The maximum absolute atomic E-state index is 11.7. The molecule has 1 amide bonds. The van der Waals surface area contributed by atoms with Crippen LogP contribution in [0.3, 0.4) is 0 Å². The number of carbonyl (C=O) groups excluding carboxylic acids is 1. The Balaban J connectivity index is 2.32. The Labute approximate surface area is 108 Å². The van der Waals surface area contributed by atoms with Crippen molar-refractivity contribution in [2.75, 3.05) is 6.54 Å². The molecule has 1 heterocycles. The van der Waals surface area contributed by atoms with Crippen LogP contribution in [0.5, 0.6) is 0 Å². The van der Waals surface area contributed by atoms with Gasteiger partial charge in [0.25, 0.3) is 0 Å². The Bertz CT molecular complexity index is 391. The predicted molar refractivity (Wildman–Crippen MR) is 70.2 cm³/mol. The molecule has 102 valence electrons. The van der Waals surface area contributed by atoms with Crippen molar-refractivity contribution in [3.8, 4) is 0 Å². The summed E-state index contributed by atoms with van der Waals surface area (Å²) in [6, 6.07) is 0. The molecule has 0 radical (unpaired) electrons. The summed E-state index contributed by atoms with van der Waals surface area (Å²) in [4.78, 5) is 15.9. The highest BCUT2D eigenvalue weighted by molar-refractivity contribution is 5.78. The van der Waals surface area contributed by atoms with E-state index >= 15 is 0 Å². The molecule has 0 fully saturated rings. The fraction of sp³-hybridized carbons (Fsp3) is 0.692. The number of hydrogen-bond acceptors (Lipinski definition) is 4. The standard InChI is InChI=1S/C13H23N3O2/c1-6-13(4,5)16-11(17)7-14-8-12-15-9(2)10(3)18-12/h14H,6-8H2,1-5H3,(H,16,17). The maximum Gasteiger partial charge on any atom is 0.234 e. The number of nitrogens with zero attached hydrogens (tertiary/aromatic N) is 1. The second-order valence-corrected chi connectivity index (χ2v) is 5.14. The van der Waals surface area contributed by atoms with Crippen LogP contribution in [-0.2, 0) is 11.3 Å². The van der Waals surface area contributed by atoms with E-state index in [0.29, 0.717) is 12.4 Å². The van der Waals surface area contributed by atoms with Crippen LogP contribution in [0.1, 0.15) is 44.5 Å². The summed E-state index contributed by atoms with van der Waals surface area (Å²) >= 11 is 0. The quantitative estimate of drug-likeness (QED) is 0.809. The molecule has 18 heavy (non-hydrogen) atoms. The average molecular weight is 253 g/mol. The number of amides is 1. The second-order valence-electron chi connectivity index (χ2n) is 5.14. The minimum Gasteiger partial charge on any atom is -0.444 e. The molecule has 1 rings (SSSR count). The van der Waals surface area contributed by atoms with Crippen molar-refractivity contribution >= 4 is 5.91 Å². The molecular weight excluding hydrogens is 230 g/mol. The summed E-state index contributed by atoms with van der Waals surface area (Å²) < 4.78 is 5.41. The van der Waals surface area contributed by atoms with E-state index in [1.807, 2.05) is 34.6 Å². The van der Waals surface area contributed by atoms with Crippen LogP contribution in [0.25, 0.3) is 0 Å². The van der Waals surface area contributed by atoms with Crippen molar-refractivity contribution in [1.82, 2.24) is 15.6 Å². The van der Waals surface area contributed by atoms with Gasteiger partial charge < -0.3 is 9.73 Å². The van der Waals surface area contributed by atoms with Crippen molar-refractivity contribution in [3.63, 3.8) is 0 Å². The number of aryl methyl sites for hydroxylation is 2. The van der Waals surface area contributed by atoms with Crippen LogP contribution in [0, 0.1) is 13.8 Å².